The van der Waals surface area contributed by atoms with Gasteiger partial charge in [0.25, 0.3) is 0 Å². The van der Waals surface area contributed by atoms with Crippen LogP contribution in [0.5, 0.6) is 0 Å². The first-order valence-electron chi connectivity index (χ1n) is 9.84. The molecular formula is C25H23N3OS. The highest BCUT2D eigenvalue weighted by Crippen LogP contribution is 2.32. The molecule has 4 aromatic rings. The van der Waals surface area contributed by atoms with E-state index in [9.17, 15) is 4.79 Å². The Morgan fingerprint density at radius 2 is 1.73 bits per heavy atom. The molecular weight excluding hydrogens is 390 g/mol. The monoisotopic (exact) mass is 413 g/mol. The summed E-state index contributed by atoms with van der Waals surface area (Å²) in [7, 11) is 0. The largest absolute Gasteiger partial charge is 0.345 e. The van der Waals surface area contributed by atoms with Gasteiger partial charge in [-0.2, -0.15) is 0 Å². The molecule has 0 aliphatic heterocycles. The number of carbonyl (C=O) groups is 1. The number of aryl methyl sites for hydroxylation is 1. The van der Waals surface area contributed by atoms with Crippen LogP contribution in [0.2, 0.25) is 0 Å². The highest BCUT2D eigenvalue weighted by molar-refractivity contribution is 8.00. The van der Waals surface area contributed by atoms with Crippen molar-refractivity contribution in [2.45, 2.75) is 25.4 Å². The zero-order valence-electron chi connectivity index (χ0n) is 17.1. The molecule has 30 heavy (non-hydrogen) atoms. The van der Waals surface area contributed by atoms with E-state index in [0.29, 0.717) is 12.3 Å². The van der Waals surface area contributed by atoms with Gasteiger partial charge in [-0.05, 0) is 19.9 Å². The maximum atomic E-state index is 12.9. The number of ketones is 1. The van der Waals surface area contributed by atoms with Crippen molar-refractivity contribution in [1.29, 1.82) is 0 Å². The average molecular weight is 414 g/mol. The molecule has 2 aromatic carbocycles. The van der Waals surface area contributed by atoms with Crippen molar-refractivity contribution < 1.29 is 4.79 Å². The lowest BCUT2D eigenvalue weighted by atomic mass is 10.1. The molecule has 2 heterocycles. The predicted octanol–water partition coefficient (Wildman–Crippen LogP) is 5.88. The molecule has 5 heteroatoms. The van der Waals surface area contributed by atoms with Gasteiger partial charge in [-0.25, -0.2) is 0 Å². The predicted molar refractivity (Wildman–Crippen MR) is 124 cm³/mol. The lowest BCUT2D eigenvalue weighted by Gasteiger charge is -2.09. The molecule has 0 radical (unpaired) electrons. The molecule has 0 aliphatic carbocycles. The third-order valence-corrected chi connectivity index (χ3v) is 6.21. The fourth-order valence-electron chi connectivity index (χ4n) is 3.70. The van der Waals surface area contributed by atoms with Gasteiger partial charge in [0.15, 0.2) is 5.78 Å². The van der Waals surface area contributed by atoms with Gasteiger partial charge in [-0.3, -0.25) is 4.79 Å². The van der Waals surface area contributed by atoms with E-state index in [4.69, 9.17) is 0 Å². The first kappa shape index (κ1) is 20.1. The van der Waals surface area contributed by atoms with Gasteiger partial charge < -0.3 is 4.57 Å². The van der Waals surface area contributed by atoms with Crippen LogP contribution in [0.15, 0.2) is 78.3 Å². The summed E-state index contributed by atoms with van der Waals surface area (Å²) in [5.41, 5.74) is 4.70. The standard InChI is InChI=1S/C25H23N3OS/c1-4-14-28-17(2)15-22(18(28)3)23(29)16-30-25-21-13-9-8-12-20(21)24(26-27-25)19-10-6-5-7-11-19/h4-13,15H,1,14,16H2,2-3H3. The van der Waals surface area contributed by atoms with Gasteiger partial charge in [-0.1, -0.05) is 72.4 Å². The molecule has 0 atom stereocenters. The zero-order valence-corrected chi connectivity index (χ0v) is 17.9. The smallest absolute Gasteiger partial charge is 0.174 e. The minimum absolute atomic E-state index is 0.0985. The number of allylic oxidation sites excluding steroid dienone is 1. The van der Waals surface area contributed by atoms with Gasteiger partial charge in [0.2, 0.25) is 0 Å². The third kappa shape index (κ3) is 3.81. The van der Waals surface area contributed by atoms with Gasteiger partial charge in [0.05, 0.1) is 5.75 Å². The molecule has 0 spiro atoms. The summed E-state index contributed by atoms with van der Waals surface area (Å²) in [5.74, 6) is 0.420. The maximum Gasteiger partial charge on any atom is 0.174 e. The molecule has 150 valence electrons. The van der Waals surface area contributed by atoms with Crippen molar-refractivity contribution in [2.24, 2.45) is 0 Å². The first-order valence-corrected chi connectivity index (χ1v) is 10.8. The minimum Gasteiger partial charge on any atom is -0.345 e. The van der Waals surface area contributed by atoms with Gasteiger partial charge in [0, 0.05) is 39.8 Å². The van der Waals surface area contributed by atoms with Crippen molar-refractivity contribution in [3.63, 3.8) is 0 Å². The van der Waals surface area contributed by atoms with E-state index < -0.39 is 0 Å². The van der Waals surface area contributed by atoms with Crippen molar-refractivity contribution >= 4 is 28.3 Å². The van der Waals surface area contributed by atoms with Crippen molar-refractivity contribution in [3.8, 4) is 11.3 Å². The van der Waals surface area contributed by atoms with Crippen LogP contribution in [0.4, 0.5) is 0 Å². The second-order valence-electron chi connectivity index (χ2n) is 7.16. The van der Waals surface area contributed by atoms with Crippen LogP contribution in [0.3, 0.4) is 0 Å². The Hall–Kier alpha value is -3.18. The molecule has 0 unspecified atom stereocenters. The number of aromatic nitrogens is 3. The topological polar surface area (TPSA) is 47.8 Å². The second kappa shape index (κ2) is 8.67. The molecule has 0 saturated heterocycles. The highest BCUT2D eigenvalue weighted by Gasteiger charge is 2.17. The number of nitrogens with zero attached hydrogens (tertiary/aromatic N) is 3. The number of thioether (sulfide) groups is 1. The summed E-state index contributed by atoms with van der Waals surface area (Å²) in [4.78, 5) is 12.9. The molecule has 0 amide bonds. The molecule has 2 aromatic heterocycles. The SMILES string of the molecule is C=CCn1c(C)cc(C(=O)CSc2nnc(-c3ccccc3)c3ccccc23)c1C. The number of fused-ring (bicyclic) bond motifs is 1. The fourth-order valence-corrected chi connectivity index (χ4v) is 4.56. The minimum atomic E-state index is 0.0985. The van der Waals surface area contributed by atoms with E-state index >= 15 is 0 Å². The molecule has 0 fully saturated rings. The lowest BCUT2D eigenvalue weighted by Crippen LogP contribution is -2.06. The van der Waals surface area contributed by atoms with Crippen molar-refractivity contribution in [2.75, 3.05) is 5.75 Å². The summed E-state index contributed by atoms with van der Waals surface area (Å²) < 4.78 is 2.11. The Labute approximate surface area is 180 Å². The maximum absolute atomic E-state index is 12.9. The number of carbonyl (C=O) groups excluding carboxylic acids is 1. The molecule has 0 aliphatic rings. The van der Waals surface area contributed by atoms with E-state index in [0.717, 1.165) is 44.0 Å². The Bertz CT molecular complexity index is 1230. The quantitative estimate of drug-likeness (QED) is 0.216. The molecule has 0 saturated carbocycles. The summed E-state index contributed by atoms with van der Waals surface area (Å²) in [5, 5.41) is 11.8. The van der Waals surface area contributed by atoms with Crippen LogP contribution in [0, 0.1) is 13.8 Å². The zero-order chi connectivity index (χ0) is 21.1. The Morgan fingerprint density at radius 3 is 2.47 bits per heavy atom. The van der Waals surface area contributed by atoms with E-state index in [2.05, 4.69) is 27.4 Å². The van der Waals surface area contributed by atoms with Crippen LogP contribution in [-0.2, 0) is 6.54 Å². The third-order valence-electron chi connectivity index (χ3n) is 5.23. The van der Waals surface area contributed by atoms with E-state index in [1.54, 1.807) is 0 Å². The first-order chi connectivity index (χ1) is 14.6. The van der Waals surface area contributed by atoms with Crippen LogP contribution in [-0.4, -0.2) is 26.3 Å². The summed E-state index contributed by atoms with van der Waals surface area (Å²) >= 11 is 1.44. The van der Waals surface area contributed by atoms with Gasteiger partial charge in [0.1, 0.15) is 10.7 Å². The van der Waals surface area contributed by atoms with E-state index in [1.807, 2.05) is 74.5 Å². The molecule has 4 rings (SSSR count). The molecule has 0 N–H and O–H groups in total. The van der Waals surface area contributed by atoms with Gasteiger partial charge >= 0.3 is 0 Å². The van der Waals surface area contributed by atoms with Crippen LogP contribution in [0.1, 0.15) is 21.7 Å². The van der Waals surface area contributed by atoms with Crippen LogP contribution >= 0.6 is 11.8 Å². The Kier molecular flexibility index (Phi) is 5.81. The van der Waals surface area contributed by atoms with Crippen molar-refractivity contribution in [1.82, 2.24) is 14.8 Å². The van der Waals surface area contributed by atoms with Crippen LogP contribution in [0.25, 0.3) is 22.0 Å². The Morgan fingerprint density at radius 1 is 1.03 bits per heavy atom. The molecule has 0 bridgehead atoms. The normalized spacial score (nSPS) is 11.0. The highest BCUT2D eigenvalue weighted by atomic mass is 32.2. The summed E-state index contributed by atoms with van der Waals surface area (Å²) in [6, 6.07) is 20.1. The average Bonchev–Trinajstić information content (AvgIpc) is 3.06. The van der Waals surface area contributed by atoms with Gasteiger partial charge in [-0.15, -0.1) is 16.8 Å². The van der Waals surface area contributed by atoms with E-state index in [-0.39, 0.29) is 5.78 Å². The van der Waals surface area contributed by atoms with E-state index in [1.165, 1.54) is 11.8 Å². The number of Topliss-reactive ketones (excluding diaryl/α,β-unsaturated/α-hetero) is 1. The van der Waals surface area contributed by atoms with Crippen molar-refractivity contribution in [3.05, 3.63) is 90.3 Å². The summed E-state index contributed by atoms with van der Waals surface area (Å²) in [6.07, 6.45) is 1.85. The number of hydrogen-bond donors (Lipinski definition) is 0. The number of benzene rings is 2. The Balaban J connectivity index is 1.62. The fraction of sp³-hybridized carbons (Fsp3) is 0.160. The summed E-state index contributed by atoms with van der Waals surface area (Å²) in [6.45, 7) is 8.50. The van der Waals surface area contributed by atoms with Crippen LogP contribution < -0.4 is 0 Å². The number of hydrogen-bond acceptors (Lipinski definition) is 4. The second-order valence-corrected chi connectivity index (χ2v) is 8.13. The lowest BCUT2D eigenvalue weighted by molar-refractivity contribution is 0.102. The molecule has 4 nitrogen and oxygen atoms in total. The number of rotatable bonds is 7.